The largest absolute Gasteiger partial charge is 0.380 e. The molecule has 3 rings (SSSR count). The molecule has 2 saturated heterocycles. The number of carbonyl (C=O) groups excluding carboxylic acids is 2. The highest BCUT2D eigenvalue weighted by molar-refractivity contribution is 5.87. The minimum Gasteiger partial charge on any atom is -0.380 e. The van der Waals surface area contributed by atoms with Crippen molar-refractivity contribution < 1.29 is 23.5 Å². The smallest absolute Gasteiger partial charge is 0.243 e. The lowest BCUT2D eigenvalue weighted by Crippen LogP contribution is -2.46. The number of methoxy groups -OCH3 is 1. The number of rotatable bonds is 5. The molecule has 1 aromatic rings. The Hall–Kier alpha value is -2.19. The summed E-state index contributed by atoms with van der Waals surface area (Å²) in [5.41, 5.74) is 1.22. The lowest BCUT2D eigenvalue weighted by molar-refractivity contribution is -0.137. The van der Waals surface area contributed by atoms with Gasteiger partial charge in [0.2, 0.25) is 11.8 Å². The lowest BCUT2D eigenvalue weighted by Gasteiger charge is -2.37. The maximum Gasteiger partial charge on any atom is 0.243 e. The second-order valence-corrected chi connectivity index (χ2v) is 7.95. The SMILES string of the molecule is CO[C@H]1C[C@H](C(=O)NCc2ccc(N3C[C@@H](C)O[C@H](C)C3)c(F)c2)N(C(C)=O)C1. The van der Waals surface area contributed by atoms with Gasteiger partial charge in [-0.1, -0.05) is 6.07 Å². The molecule has 4 atom stereocenters. The van der Waals surface area contributed by atoms with Crippen LogP contribution in [0, 0.1) is 5.82 Å². The standard InChI is InChI=1S/C21H30FN3O4/c1-13-10-24(11-14(2)29-13)19-6-5-16(7-18(19)22)9-23-21(27)20-8-17(28-4)12-25(20)15(3)26/h5-7,13-14,17,20H,8-12H2,1-4H3,(H,23,27)/t13-,14-,17+,20-/m1/s1. The van der Waals surface area contributed by atoms with Crippen molar-refractivity contribution in [2.45, 2.75) is 58.1 Å². The number of benzene rings is 1. The Morgan fingerprint density at radius 1 is 1.24 bits per heavy atom. The van der Waals surface area contributed by atoms with Gasteiger partial charge in [0.05, 0.1) is 24.0 Å². The molecule has 2 aliphatic rings. The first kappa shape index (κ1) is 21.5. The Balaban J connectivity index is 1.61. The molecule has 2 heterocycles. The van der Waals surface area contributed by atoms with Gasteiger partial charge in [-0.25, -0.2) is 4.39 Å². The van der Waals surface area contributed by atoms with Gasteiger partial charge < -0.3 is 24.6 Å². The van der Waals surface area contributed by atoms with Crippen LogP contribution in [0.15, 0.2) is 18.2 Å². The number of ether oxygens (including phenoxy) is 2. The molecule has 2 amide bonds. The van der Waals surface area contributed by atoms with Crippen LogP contribution in [0.25, 0.3) is 0 Å². The first-order valence-electron chi connectivity index (χ1n) is 10.0. The molecule has 0 unspecified atom stereocenters. The summed E-state index contributed by atoms with van der Waals surface area (Å²) in [6.45, 7) is 7.29. The van der Waals surface area contributed by atoms with E-state index in [1.54, 1.807) is 13.2 Å². The zero-order valence-corrected chi connectivity index (χ0v) is 17.5. The van der Waals surface area contributed by atoms with E-state index in [1.165, 1.54) is 17.9 Å². The van der Waals surface area contributed by atoms with Gasteiger partial charge in [0.1, 0.15) is 11.9 Å². The molecule has 0 aromatic heterocycles. The Kier molecular flexibility index (Phi) is 6.74. The van der Waals surface area contributed by atoms with Crippen molar-refractivity contribution >= 4 is 17.5 Å². The first-order valence-corrected chi connectivity index (χ1v) is 10.0. The van der Waals surface area contributed by atoms with Crippen LogP contribution in [-0.2, 0) is 25.6 Å². The lowest BCUT2D eigenvalue weighted by atomic mass is 10.1. The van der Waals surface area contributed by atoms with E-state index in [0.29, 0.717) is 37.3 Å². The van der Waals surface area contributed by atoms with Gasteiger partial charge in [-0.05, 0) is 31.5 Å². The summed E-state index contributed by atoms with van der Waals surface area (Å²) in [7, 11) is 1.57. The van der Waals surface area contributed by atoms with Crippen LogP contribution in [0.3, 0.4) is 0 Å². The predicted molar refractivity (Wildman–Crippen MR) is 107 cm³/mol. The predicted octanol–water partition coefficient (Wildman–Crippen LogP) is 1.69. The van der Waals surface area contributed by atoms with Gasteiger partial charge in [0, 0.05) is 46.6 Å². The molecular formula is C21H30FN3O4. The minimum absolute atomic E-state index is 0.0451. The second kappa shape index (κ2) is 9.09. The van der Waals surface area contributed by atoms with E-state index >= 15 is 0 Å². The molecule has 8 heteroatoms. The number of anilines is 1. The number of amides is 2. The topological polar surface area (TPSA) is 71.1 Å². The molecule has 1 N–H and O–H groups in total. The summed E-state index contributed by atoms with van der Waals surface area (Å²) in [5.74, 6) is -0.724. The molecule has 0 radical (unpaired) electrons. The highest BCUT2D eigenvalue weighted by Gasteiger charge is 2.38. The van der Waals surface area contributed by atoms with Crippen molar-refractivity contribution in [3.05, 3.63) is 29.6 Å². The van der Waals surface area contributed by atoms with Gasteiger partial charge in [-0.2, -0.15) is 0 Å². The van der Waals surface area contributed by atoms with Gasteiger partial charge in [0.15, 0.2) is 0 Å². The summed E-state index contributed by atoms with van der Waals surface area (Å²) >= 11 is 0. The van der Waals surface area contributed by atoms with Crippen molar-refractivity contribution in [2.75, 3.05) is 31.6 Å². The van der Waals surface area contributed by atoms with Crippen LogP contribution < -0.4 is 10.2 Å². The molecular weight excluding hydrogens is 377 g/mol. The van der Waals surface area contributed by atoms with E-state index in [-0.39, 0.29) is 42.5 Å². The molecule has 0 aliphatic carbocycles. The minimum atomic E-state index is -0.558. The van der Waals surface area contributed by atoms with Crippen molar-refractivity contribution in [3.63, 3.8) is 0 Å². The van der Waals surface area contributed by atoms with E-state index in [0.717, 1.165) is 0 Å². The molecule has 29 heavy (non-hydrogen) atoms. The van der Waals surface area contributed by atoms with Crippen LogP contribution in [0.2, 0.25) is 0 Å². The van der Waals surface area contributed by atoms with Crippen LogP contribution in [0.5, 0.6) is 0 Å². The second-order valence-electron chi connectivity index (χ2n) is 7.95. The zero-order chi connectivity index (χ0) is 21.1. The number of nitrogens with one attached hydrogen (secondary N) is 1. The number of carbonyl (C=O) groups is 2. The fourth-order valence-electron chi connectivity index (χ4n) is 4.16. The summed E-state index contributed by atoms with van der Waals surface area (Å²) in [6.07, 6.45) is 0.403. The molecule has 0 saturated carbocycles. The Morgan fingerprint density at radius 2 is 1.93 bits per heavy atom. The first-order chi connectivity index (χ1) is 13.8. The van der Waals surface area contributed by atoms with Crippen molar-refractivity contribution in [1.29, 1.82) is 0 Å². The van der Waals surface area contributed by atoms with E-state index in [1.807, 2.05) is 24.8 Å². The quantitative estimate of drug-likeness (QED) is 0.804. The molecule has 0 spiro atoms. The highest BCUT2D eigenvalue weighted by Crippen LogP contribution is 2.25. The third-order valence-corrected chi connectivity index (χ3v) is 5.54. The van der Waals surface area contributed by atoms with Crippen LogP contribution in [0.1, 0.15) is 32.8 Å². The zero-order valence-electron chi connectivity index (χ0n) is 17.5. The number of nitrogens with zero attached hydrogens (tertiary/aromatic N) is 2. The number of hydrogen-bond donors (Lipinski definition) is 1. The Labute approximate surface area is 171 Å². The van der Waals surface area contributed by atoms with E-state index < -0.39 is 6.04 Å². The van der Waals surface area contributed by atoms with Crippen LogP contribution >= 0.6 is 0 Å². The van der Waals surface area contributed by atoms with Gasteiger partial charge in [0.25, 0.3) is 0 Å². The molecule has 2 fully saturated rings. The van der Waals surface area contributed by atoms with Crippen LogP contribution in [0.4, 0.5) is 10.1 Å². The molecule has 7 nitrogen and oxygen atoms in total. The molecule has 160 valence electrons. The molecule has 2 aliphatic heterocycles. The Bertz CT molecular complexity index is 749. The van der Waals surface area contributed by atoms with Gasteiger partial charge in [-0.3, -0.25) is 9.59 Å². The van der Waals surface area contributed by atoms with Crippen molar-refractivity contribution in [1.82, 2.24) is 10.2 Å². The third kappa shape index (κ3) is 5.05. The fraction of sp³-hybridized carbons (Fsp3) is 0.619. The molecule has 1 aromatic carbocycles. The fourth-order valence-corrected chi connectivity index (χ4v) is 4.16. The number of likely N-dealkylation sites (tertiary alicyclic amines) is 1. The maximum atomic E-state index is 14.7. The van der Waals surface area contributed by atoms with E-state index in [2.05, 4.69) is 5.32 Å². The van der Waals surface area contributed by atoms with Gasteiger partial charge in [-0.15, -0.1) is 0 Å². The number of hydrogen-bond acceptors (Lipinski definition) is 5. The monoisotopic (exact) mass is 407 g/mol. The maximum absolute atomic E-state index is 14.7. The summed E-state index contributed by atoms with van der Waals surface area (Å²) in [4.78, 5) is 27.9. The van der Waals surface area contributed by atoms with Crippen molar-refractivity contribution in [3.8, 4) is 0 Å². The Morgan fingerprint density at radius 3 is 2.52 bits per heavy atom. The number of morpholine rings is 1. The third-order valence-electron chi connectivity index (χ3n) is 5.54. The summed E-state index contributed by atoms with van der Waals surface area (Å²) in [6, 6.07) is 4.46. The average molecular weight is 407 g/mol. The average Bonchev–Trinajstić information content (AvgIpc) is 3.10. The van der Waals surface area contributed by atoms with Crippen LogP contribution in [-0.4, -0.2) is 67.8 Å². The summed E-state index contributed by atoms with van der Waals surface area (Å²) < 4.78 is 25.7. The van der Waals surface area contributed by atoms with Crippen molar-refractivity contribution in [2.24, 2.45) is 0 Å². The van der Waals surface area contributed by atoms with E-state index in [4.69, 9.17) is 9.47 Å². The summed E-state index contributed by atoms with van der Waals surface area (Å²) in [5, 5.41) is 2.82. The normalized spacial score (nSPS) is 27.2. The van der Waals surface area contributed by atoms with Gasteiger partial charge >= 0.3 is 0 Å². The highest BCUT2D eigenvalue weighted by atomic mass is 19.1. The number of halogens is 1. The van der Waals surface area contributed by atoms with E-state index in [9.17, 15) is 14.0 Å². The molecule has 0 bridgehead atoms.